The van der Waals surface area contributed by atoms with Gasteiger partial charge in [-0.25, -0.2) is 4.68 Å². The molecule has 4 atom stereocenters. The molecule has 2 aromatic heterocycles. The lowest BCUT2D eigenvalue weighted by atomic mass is 9.84. The fraction of sp³-hybridized carbons (Fsp3) is 0.682. The number of carbonyl (C=O) groups excluding carboxylic acids is 1. The van der Waals surface area contributed by atoms with Crippen LogP contribution >= 0.6 is 23.6 Å². The predicted molar refractivity (Wildman–Crippen MR) is 122 cm³/mol. The van der Waals surface area contributed by atoms with E-state index in [-0.39, 0.29) is 11.8 Å². The first kappa shape index (κ1) is 20.4. The zero-order chi connectivity index (χ0) is 20.8. The minimum atomic E-state index is -0.171. The molecule has 1 aliphatic heterocycles. The van der Waals surface area contributed by atoms with Crippen LogP contribution in [-0.4, -0.2) is 38.2 Å². The number of hydrogen-bond donors (Lipinski definition) is 1. The molecule has 3 heterocycles. The molecule has 0 unspecified atom stereocenters. The lowest BCUT2D eigenvalue weighted by Crippen LogP contribution is -2.39. The van der Waals surface area contributed by atoms with Gasteiger partial charge < -0.3 is 5.73 Å². The smallest absolute Gasteiger partial charge is 0.220 e. The van der Waals surface area contributed by atoms with Gasteiger partial charge in [0.25, 0.3) is 0 Å². The van der Waals surface area contributed by atoms with Crippen LogP contribution in [0.5, 0.6) is 0 Å². The highest BCUT2D eigenvalue weighted by Crippen LogP contribution is 2.52. The van der Waals surface area contributed by atoms with E-state index < -0.39 is 0 Å². The van der Waals surface area contributed by atoms with E-state index in [1.54, 1.807) is 11.3 Å². The lowest BCUT2D eigenvalue weighted by molar-refractivity contribution is -0.123. The maximum Gasteiger partial charge on any atom is 0.220 e. The molecule has 2 aliphatic carbocycles. The van der Waals surface area contributed by atoms with Crippen LogP contribution in [0.4, 0.5) is 0 Å². The highest BCUT2D eigenvalue weighted by atomic mass is 32.1. The quantitative estimate of drug-likeness (QED) is 0.673. The summed E-state index contributed by atoms with van der Waals surface area (Å²) in [6.07, 6.45) is 7.18. The minimum Gasteiger partial charge on any atom is -0.369 e. The average molecular weight is 446 g/mol. The Morgan fingerprint density at radius 3 is 2.70 bits per heavy atom. The first-order chi connectivity index (χ1) is 14.5. The number of carbonyl (C=O) groups is 1. The van der Waals surface area contributed by atoms with Gasteiger partial charge in [0, 0.05) is 25.0 Å². The van der Waals surface area contributed by atoms with Crippen molar-refractivity contribution < 1.29 is 4.79 Å². The van der Waals surface area contributed by atoms with E-state index in [1.807, 2.05) is 4.68 Å². The number of nitrogens with two attached hydrogens (primary N) is 1. The van der Waals surface area contributed by atoms with E-state index in [4.69, 9.17) is 23.1 Å². The molecule has 1 amide bonds. The largest absolute Gasteiger partial charge is 0.369 e. The van der Waals surface area contributed by atoms with Crippen LogP contribution in [0.1, 0.15) is 51.5 Å². The van der Waals surface area contributed by atoms with Crippen molar-refractivity contribution in [2.45, 2.75) is 58.2 Å². The van der Waals surface area contributed by atoms with Gasteiger partial charge in [0.15, 0.2) is 10.6 Å². The molecule has 30 heavy (non-hydrogen) atoms. The van der Waals surface area contributed by atoms with Crippen LogP contribution in [0.2, 0.25) is 0 Å². The van der Waals surface area contributed by atoms with Gasteiger partial charge in [-0.1, -0.05) is 12.5 Å². The standard InChI is InChI=1S/C22H31N5OS2/c1-14(18-12-15-4-5-17(18)11-15)27-21(19-3-2-10-30-19)24-26(22(27)29)13-25-8-6-16(7-9-25)20(23)28/h2-3,10,14-18H,4-9,11-13H2,1H3,(H2,23,28)/t14-,15-,17-,18+/m1/s1. The Bertz CT molecular complexity index is 957. The number of piperidine rings is 1. The second kappa shape index (κ2) is 8.20. The monoisotopic (exact) mass is 445 g/mol. The fourth-order valence-corrected chi connectivity index (χ4v) is 7.13. The van der Waals surface area contributed by atoms with Gasteiger partial charge in [-0.3, -0.25) is 14.3 Å². The van der Waals surface area contributed by atoms with Gasteiger partial charge in [-0.2, -0.15) is 0 Å². The van der Waals surface area contributed by atoms with E-state index in [1.165, 1.54) is 30.6 Å². The Balaban J connectivity index is 1.41. The highest BCUT2D eigenvalue weighted by molar-refractivity contribution is 7.71. The van der Waals surface area contributed by atoms with Gasteiger partial charge in [-0.15, -0.1) is 16.4 Å². The van der Waals surface area contributed by atoms with Crippen LogP contribution in [0.25, 0.3) is 10.7 Å². The highest BCUT2D eigenvalue weighted by Gasteiger charge is 2.43. The minimum absolute atomic E-state index is 0.00581. The summed E-state index contributed by atoms with van der Waals surface area (Å²) in [6.45, 7) is 4.75. The molecule has 2 bridgehead atoms. The average Bonchev–Trinajstić information content (AvgIpc) is 3.53. The lowest BCUT2D eigenvalue weighted by Gasteiger charge is -2.30. The first-order valence-corrected chi connectivity index (χ1v) is 12.5. The van der Waals surface area contributed by atoms with Crippen molar-refractivity contribution in [3.8, 4) is 10.7 Å². The molecular formula is C22H31N5OS2. The number of rotatable bonds is 6. The summed E-state index contributed by atoms with van der Waals surface area (Å²) in [5, 5.41) is 7.12. The summed E-state index contributed by atoms with van der Waals surface area (Å²) < 4.78 is 5.16. The Kier molecular flexibility index (Phi) is 5.58. The molecule has 162 valence electrons. The Labute approximate surface area is 187 Å². The van der Waals surface area contributed by atoms with Crippen molar-refractivity contribution in [1.82, 2.24) is 19.2 Å². The zero-order valence-corrected chi connectivity index (χ0v) is 19.2. The molecule has 3 fully saturated rings. The molecule has 0 aromatic carbocycles. The molecular weight excluding hydrogens is 414 g/mol. The summed E-state index contributed by atoms with van der Waals surface area (Å²) in [7, 11) is 0. The van der Waals surface area contributed by atoms with Crippen molar-refractivity contribution in [3.63, 3.8) is 0 Å². The molecule has 2 saturated carbocycles. The second-order valence-electron chi connectivity index (χ2n) is 9.47. The molecule has 8 heteroatoms. The third kappa shape index (κ3) is 3.67. The summed E-state index contributed by atoms with van der Waals surface area (Å²) >= 11 is 7.71. The maximum absolute atomic E-state index is 11.5. The van der Waals surface area contributed by atoms with Crippen LogP contribution < -0.4 is 5.73 Å². The van der Waals surface area contributed by atoms with Gasteiger partial charge in [0.2, 0.25) is 5.91 Å². The number of fused-ring (bicyclic) bond motifs is 2. The van der Waals surface area contributed by atoms with Crippen molar-refractivity contribution in [2.75, 3.05) is 13.1 Å². The van der Waals surface area contributed by atoms with E-state index in [9.17, 15) is 4.79 Å². The molecule has 0 radical (unpaired) electrons. The number of nitrogens with zero attached hydrogens (tertiary/aromatic N) is 4. The number of aromatic nitrogens is 3. The third-order valence-electron chi connectivity index (χ3n) is 7.76. The normalized spacial score (nSPS) is 28.2. The summed E-state index contributed by atoms with van der Waals surface area (Å²) in [5.74, 6) is 3.32. The van der Waals surface area contributed by atoms with Gasteiger partial charge >= 0.3 is 0 Å². The number of amides is 1. The molecule has 0 spiro atoms. The number of primary amides is 1. The van der Waals surface area contributed by atoms with Crippen molar-refractivity contribution in [1.29, 1.82) is 0 Å². The molecule has 5 rings (SSSR count). The van der Waals surface area contributed by atoms with E-state index >= 15 is 0 Å². The second-order valence-corrected chi connectivity index (χ2v) is 10.8. The predicted octanol–water partition coefficient (Wildman–Crippen LogP) is 4.29. The fourth-order valence-electron chi connectivity index (χ4n) is 6.08. The maximum atomic E-state index is 11.5. The summed E-state index contributed by atoms with van der Waals surface area (Å²) in [6, 6.07) is 4.61. The Hall–Kier alpha value is -1.51. The van der Waals surface area contributed by atoms with E-state index in [0.717, 1.165) is 48.4 Å². The van der Waals surface area contributed by atoms with Gasteiger partial charge in [-0.05, 0) is 80.4 Å². The molecule has 1 saturated heterocycles. The van der Waals surface area contributed by atoms with Crippen LogP contribution in [-0.2, 0) is 11.5 Å². The van der Waals surface area contributed by atoms with Gasteiger partial charge in [0.1, 0.15) is 0 Å². The number of hydrogen-bond acceptors (Lipinski definition) is 5. The number of likely N-dealkylation sites (tertiary alicyclic amines) is 1. The van der Waals surface area contributed by atoms with Crippen LogP contribution in [0.15, 0.2) is 17.5 Å². The number of thiophene rings is 1. The van der Waals surface area contributed by atoms with Crippen molar-refractivity contribution >= 4 is 29.5 Å². The third-order valence-corrected chi connectivity index (χ3v) is 9.03. The first-order valence-electron chi connectivity index (χ1n) is 11.3. The topological polar surface area (TPSA) is 69.1 Å². The SMILES string of the molecule is C[C@H]([C@@H]1C[C@@H]2CC[C@@H]1C2)n1c(-c2cccs2)nn(CN2CCC(C(N)=O)CC2)c1=S. The molecule has 2 N–H and O–H groups in total. The zero-order valence-electron chi connectivity index (χ0n) is 17.6. The van der Waals surface area contributed by atoms with Crippen molar-refractivity contribution in [3.05, 3.63) is 22.3 Å². The van der Waals surface area contributed by atoms with Crippen molar-refractivity contribution in [2.24, 2.45) is 29.4 Å². The van der Waals surface area contributed by atoms with E-state index in [2.05, 4.69) is 33.9 Å². The van der Waals surface area contributed by atoms with E-state index in [0.29, 0.717) is 18.6 Å². The van der Waals surface area contributed by atoms with Crippen LogP contribution in [0.3, 0.4) is 0 Å². The summed E-state index contributed by atoms with van der Waals surface area (Å²) in [4.78, 5) is 15.0. The molecule has 3 aliphatic rings. The van der Waals surface area contributed by atoms with Gasteiger partial charge in [0.05, 0.1) is 11.5 Å². The molecule has 2 aromatic rings. The molecule has 6 nitrogen and oxygen atoms in total. The Morgan fingerprint density at radius 1 is 1.30 bits per heavy atom. The summed E-state index contributed by atoms with van der Waals surface area (Å²) in [5.41, 5.74) is 5.49. The Morgan fingerprint density at radius 2 is 2.10 bits per heavy atom. The van der Waals surface area contributed by atoms with Crippen LogP contribution in [0, 0.1) is 28.4 Å².